The van der Waals surface area contributed by atoms with Crippen LogP contribution in [0.2, 0.25) is 5.02 Å². The first-order chi connectivity index (χ1) is 12.0. The number of rotatable bonds is 6. The van der Waals surface area contributed by atoms with Crippen molar-refractivity contribution in [2.24, 2.45) is 0 Å². The molecule has 1 unspecified atom stereocenters. The van der Waals surface area contributed by atoms with Gasteiger partial charge in [0.2, 0.25) is 0 Å². The Morgan fingerprint density at radius 2 is 1.35 bits per heavy atom. The largest absolute Gasteiger partial charge is 0.412 e. The van der Waals surface area contributed by atoms with Crippen LogP contribution in [0.1, 0.15) is 10.9 Å². The lowest BCUT2D eigenvalue weighted by Gasteiger charge is -2.22. The Morgan fingerprint density at radius 1 is 0.769 bits per heavy atom. The third-order valence-electron chi connectivity index (χ3n) is 3.57. The number of halogens is 1. The van der Waals surface area contributed by atoms with E-state index in [9.17, 15) is 8.42 Å². The molecule has 136 valence electrons. The van der Waals surface area contributed by atoms with Crippen molar-refractivity contribution in [3.63, 3.8) is 0 Å². The van der Waals surface area contributed by atoms with Gasteiger partial charge >= 0.3 is 0 Å². The van der Waals surface area contributed by atoms with Crippen LogP contribution in [-0.2, 0) is 10.0 Å². The molecule has 0 bridgehead atoms. The normalized spacial score (nSPS) is 11.9. The maximum absolute atomic E-state index is 13.0. The van der Waals surface area contributed by atoms with Gasteiger partial charge in [-0.2, -0.15) is 0 Å². The second-order valence-corrected chi connectivity index (χ2v) is 7.66. The number of anilines is 2. The van der Waals surface area contributed by atoms with E-state index in [2.05, 4.69) is 10.0 Å². The van der Waals surface area contributed by atoms with Crippen molar-refractivity contribution >= 4 is 33.0 Å². The maximum atomic E-state index is 13.0. The van der Waals surface area contributed by atoms with Crippen molar-refractivity contribution < 1.29 is 13.9 Å². The van der Waals surface area contributed by atoms with Crippen molar-refractivity contribution in [3.05, 3.63) is 95.5 Å². The van der Waals surface area contributed by atoms with E-state index in [1.807, 2.05) is 36.4 Å². The Bertz CT molecular complexity index is 935. The van der Waals surface area contributed by atoms with Gasteiger partial charge in [0.15, 0.2) is 5.37 Å². The minimum Gasteiger partial charge on any atom is -0.412 e. The Kier molecular flexibility index (Phi) is 6.63. The molecule has 0 saturated heterocycles. The Balaban J connectivity index is 0.00000243. The summed E-state index contributed by atoms with van der Waals surface area (Å²) in [5.41, 5.74) is 1.76. The average molecular weight is 391 g/mol. The van der Waals surface area contributed by atoms with Crippen LogP contribution in [0.15, 0.2) is 84.9 Å². The second-order valence-electron chi connectivity index (χ2n) is 5.46. The molecule has 0 spiro atoms. The highest BCUT2D eigenvalue weighted by atomic mass is 35.5. The molecule has 0 fully saturated rings. The lowest BCUT2D eigenvalue weighted by molar-refractivity contribution is 0.593. The van der Waals surface area contributed by atoms with Gasteiger partial charge in [-0.15, -0.1) is 0 Å². The van der Waals surface area contributed by atoms with Crippen LogP contribution >= 0.6 is 11.6 Å². The first-order valence-electron chi connectivity index (χ1n) is 7.68. The molecule has 0 radical (unpaired) electrons. The van der Waals surface area contributed by atoms with Crippen LogP contribution in [0.4, 0.5) is 11.4 Å². The number of sulfonamides is 1. The maximum Gasteiger partial charge on any atom is 0.258 e. The van der Waals surface area contributed by atoms with Crippen LogP contribution in [0.3, 0.4) is 0 Å². The Hall–Kier alpha value is -2.54. The molecule has 0 aromatic heterocycles. The van der Waals surface area contributed by atoms with E-state index in [0.29, 0.717) is 22.0 Å². The third kappa shape index (κ3) is 4.98. The summed E-state index contributed by atoms with van der Waals surface area (Å²) in [4.78, 5) is 0. The number of para-hydroxylation sites is 2. The summed E-state index contributed by atoms with van der Waals surface area (Å²) in [5, 5.41) is 2.56. The van der Waals surface area contributed by atoms with Crippen LogP contribution < -0.4 is 10.0 Å². The first-order valence-corrected chi connectivity index (χ1v) is 9.61. The summed E-state index contributed by atoms with van der Waals surface area (Å²) in [6, 6.07) is 24.8. The molecule has 26 heavy (non-hydrogen) atoms. The molecule has 3 rings (SSSR count). The van der Waals surface area contributed by atoms with Crippen molar-refractivity contribution in [2.75, 3.05) is 10.0 Å². The topological polar surface area (TPSA) is 89.7 Å². The van der Waals surface area contributed by atoms with Gasteiger partial charge < -0.3 is 10.8 Å². The van der Waals surface area contributed by atoms with E-state index in [1.165, 1.54) is 0 Å². The molecule has 0 amide bonds. The van der Waals surface area contributed by atoms with E-state index >= 15 is 0 Å². The average Bonchev–Trinajstić information content (AvgIpc) is 2.61. The molecule has 3 aromatic rings. The molecule has 0 heterocycles. The van der Waals surface area contributed by atoms with Crippen LogP contribution in [0.5, 0.6) is 0 Å². The first kappa shape index (κ1) is 19.8. The van der Waals surface area contributed by atoms with E-state index in [-0.39, 0.29) is 5.48 Å². The van der Waals surface area contributed by atoms with Gasteiger partial charge in [0, 0.05) is 16.4 Å². The molecule has 3 aromatic carbocycles. The number of hydrogen-bond acceptors (Lipinski definition) is 3. The Morgan fingerprint density at radius 3 is 1.92 bits per heavy atom. The molecule has 7 heteroatoms. The van der Waals surface area contributed by atoms with E-state index in [0.717, 1.165) is 0 Å². The van der Waals surface area contributed by atoms with Crippen LogP contribution in [0.25, 0.3) is 0 Å². The second kappa shape index (κ2) is 8.71. The summed E-state index contributed by atoms with van der Waals surface area (Å²) in [6.07, 6.45) is 0. The van der Waals surface area contributed by atoms with Crippen LogP contribution in [-0.4, -0.2) is 13.9 Å². The minimum absolute atomic E-state index is 0. The van der Waals surface area contributed by atoms with Crippen molar-refractivity contribution in [3.8, 4) is 0 Å². The fraction of sp³-hybridized carbons (Fsp3) is 0.0526. The summed E-state index contributed by atoms with van der Waals surface area (Å²) in [5.74, 6) is 0. The SMILES string of the molecule is O.O=S(=O)(Nc1ccccc1)C(Nc1ccccc1)c1cccc(Cl)c1. The summed E-state index contributed by atoms with van der Waals surface area (Å²) in [7, 11) is -3.76. The van der Waals surface area contributed by atoms with Gasteiger partial charge in [-0.25, -0.2) is 8.42 Å². The molecular weight excluding hydrogens is 372 g/mol. The molecule has 0 aliphatic carbocycles. The van der Waals surface area contributed by atoms with Crippen molar-refractivity contribution in [1.82, 2.24) is 0 Å². The highest BCUT2D eigenvalue weighted by Gasteiger charge is 2.27. The fourth-order valence-corrected chi connectivity index (χ4v) is 4.00. The molecule has 5 nitrogen and oxygen atoms in total. The Labute approximate surface area is 158 Å². The fourth-order valence-electron chi connectivity index (χ4n) is 2.42. The van der Waals surface area contributed by atoms with Gasteiger partial charge in [0.25, 0.3) is 10.0 Å². The summed E-state index contributed by atoms with van der Waals surface area (Å²) < 4.78 is 28.6. The number of nitrogens with one attached hydrogen (secondary N) is 2. The van der Waals surface area contributed by atoms with E-state index < -0.39 is 15.4 Å². The van der Waals surface area contributed by atoms with Crippen molar-refractivity contribution in [1.29, 1.82) is 0 Å². The highest BCUT2D eigenvalue weighted by Crippen LogP contribution is 2.28. The molecule has 0 aliphatic rings. The molecule has 0 saturated carbocycles. The molecule has 4 N–H and O–H groups in total. The number of hydrogen-bond donors (Lipinski definition) is 2. The molecular formula is C19H19ClN2O3S. The van der Waals surface area contributed by atoms with Gasteiger partial charge in [-0.1, -0.05) is 60.1 Å². The van der Waals surface area contributed by atoms with Gasteiger partial charge in [0.05, 0.1) is 0 Å². The zero-order valence-corrected chi connectivity index (χ0v) is 15.3. The molecule has 0 aliphatic heterocycles. The summed E-state index contributed by atoms with van der Waals surface area (Å²) >= 11 is 6.06. The third-order valence-corrected chi connectivity index (χ3v) is 5.33. The lowest BCUT2D eigenvalue weighted by atomic mass is 10.2. The van der Waals surface area contributed by atoms with Crippen LogP contribution in [0, 0.1) is 0 Å². The quantitative estimate of drug-likeness (QED) is 0.664. The predicted octanol–water partition coefficient (Wildman–Crippen LogP) is 4.07. The van der Waals surface area contributed by atoms with Gasteiger partial charge in [-0.05, 0) is 42.0 Å². The zero-order chi connectivity index (χ0) is 17.7. The summed E-state index contributed by atoms with van der Waals surface area (Å²) in [6.45, 7) is 0. The van der Waals surface area contributed by atoms with E-state index in [1.54, 1.807) is 48.5 Å². The highest BCUT2D eigenvalue weighted by molar-refractivity contribution is 7.93. The van der Waals surface area contributed by atoms with Gasteiger partial charge in [-0.3, -0.25) is 4.72 Å². The monoisotopic (exact) mass is 390 g/mol. The lowest BCUT2D eigenvalue weighted by Crippen LogP contribution is -2.27. The smallest absolute Gasteiger partial charge is 0.258 e. The number of benzene rings is 3. The van der Waals surface area contributed by atoms with E-state index in [4.69, 9.17) is 11.6 Å². The zero-order valence-electron chi connectivity index (χ0n) is 13.8. The minimum atomic E-state index is -3.76. The predicted molar refractivity (Wildman–Crippen MR) is 107 cm³/mol. The molecule has 1 atom stereocenters. The van der Waals surface area contributed by atoms with Crippen molar-refractivity contribution in [2.45, 2.75) is 5.37 Å². The standard InChI is InChI=1S/C19H17ClN2O2S.H2O/c20-16-9-7-8-15(14-16)19(21-17-10-3-1-4-11-17)25(23,24)22-18-12-5-2-6-13-18;/h1-14,19,21-22H;1H2. The van der Waals surface area contributed by atoms with Gasteiger partial charge in [0.1, 0.15) is 0 Å².